The van der Waals surface area contributed by atoms with E-state index in [1.165, 1.54) is 18.4 Å². The van der Waals surface area contributed by atoms with Crippen molar-refractivity contribution in [2.45, 2.75) is 26.8 Å². The third kappa shape index (κ3) is 4.83. The van der Waals surface area contributed by atoms with Crippen LogP contribution in [0.5, 0.6) is 17.2 Å². The number of benzene rings is 2. The Hall–Kier alpha value is -3.37. The van der Waals surface area contributed by atoms with Crippen molar-refractivity contribution in [3.8, 4) is 17.2 Å². The average Bonchev–Trinajstić information content (AvgIpc) is 3.19. The molecule has 1 N–H and O–H groups in total. The summed E-state index contributed by atoms with van der Waals surface area (Å²) in [4.78, 5) is 34.5. The Labute approximate surface area is 226 Å². The molecule has 1 aliphatic rings. The molecule has 2 heterocycles. The van der Waals surface area contributed by atoms with E-state index in [2.05, 4.69) is 15.9 Å². The fourth-order valence-electron chi connectivity index (χ4n) is 4.45. The Kier molecular flexibility index (Phi) is 7.89. The van der Waals surface area contributed by atoms with E-state index in [1.807, 2.05) is 38.1 Å². The zero-order valence-electron chi connectivity index (χ0n) is 21.2. The number of hydrogen-bond acceptors (Lipinski definition) is 7. The maximum absolute atomic E-state index is 13.9. The number of nitrogens with zero attached hydrogens (tertiary/aromatic N) is 3. The zero-order chi connectivity index (χ0) is 26.9. The van der Waals surface area contributed by atoms with E-state index in [9.17, 15) is 14.7 Å². The second-order valence-electron chi connectivity index (χ2n) is 8.35. The maximum Gasteiger partial charge on any atom is 0.271 e. The molecule has 3 aromatic rings. The van der Waals surface area contributed by atoms with Gasteiger partial charge >= 0.3 is 0 Å². The molecule has 0 radical (unpaired) electrons. The summed E-state index contributed by atoms with van der Waals surface area (Å²) < 4.78 is 13.3. The molecule has 1 amide bonds. The van der Waals surface area contributed by atoms with Gasteiger partial charge in [0, 0.05) is 18.7 Å². The molecule has 1 atom stereocenters. The third-order valence-corrected chi connectivity index (χ3v) is 7.89. The fraction of sp³-hybridized carbons (Fsp3) is 0.296. The van der Waals surface area contributed by atoms with Crippen molar-refractivity contribution in [3.63, 3.8) is 0 Å². The molecule has 0 spiro atoms. The number of phenolic OH excluding ortho intramolecular Hbond substituents is 1. The van der Waals surface area contributed by atoms with Gasteiger partial charge in [-0.25, -0.2) is 4.99 Å². The van der Waals surface area contributed by atoms with Gasteiger partial charge in [0.25, 0.3) is 11.5 Å². The van der Waals surface area contributed by atoms with Crippen LogP contribution in [0.3, 0.4) is 0 Å². The number of phenols is 1. The zero-order valence-corrected chi connectivity index (χ0v) is 23.6. The average molecular weight is 587 g/mol. The first kappa shape index (κ1) is 26.7. The first-order valence-electron chi connectivity index (χ1n) is 11.8. The molecule has 0 saturated carbocycles. The normalized spacial score (nSPS) is 15.3. The molecule has 1 aliphatic heterocycles. The number of ether oxygens (including phenoxy) is 2. The number of likely N-dealkylation sites (N-methyl/N-ethyl adjacent to an activating group) is 1. The Balaban J connectivity index is 2.00. The van der Waals surface area contributed by atoms with Crippen LogP contribution in [-0.4, -0.2) is 47.8 Å². The van der Waals surface area contributed by atoms with Gasteiger partial charge in [0.15, 0.2) is 16.3 Å². The number of rotatable bonds is 7. The number of methoxy groups -OCH3 is 2. The lowest BCUT2D eigenvalue weighted by molar-refractivity contribution is -0.127. The quantitative estimate of drug-likeness (QED) is 0.457. The monoisotopic (exact) mass is 585 g/mol. The highest BCUT2D eigenvalue weighted by atomic mass is 79.9. The molecule has 4 rings (SSSR count). The van der Waals surface area contributed by atoms with Gasteiger partial charge in [-0.05, 0) is 66.5 Å². The molecule has 37 heavy (non-hydrogen) atoms. The number of carbonyl (C=O) groups excluding carboxylic acids is 1. The Morgan fingerprint density at radius 2 is 1.86 bits per heavy atom. The van der Waals surface area contributed by atoms with Crippen LogP contribution in [0.25, 0.3) is 6.08 Å². The number of aromatic hydroxyl groups is 1. The summed E-state index contributed by atoms with van der Waals surface area (Å²) >= 11 is 4.57. The molecular weight excluding hydrogens is 558 g/mol. The lowest BCUT2D eigenvalue weighted by Gasteiger charge is -2.29. The molecule has 0 fully saturated rings. The Bertz CT molecular complexity index is 1570. The van der Waals surface area contributed by atoms with Gasteiger partial charge in [-0.15, -0.1) is 0 Å². The molecule has 0 saturated heterocycles. The minimum atomic E-state index is -0.705. The van der Waals surface area contributed by atoms with E-state index in [0.717, 1.165) is 0 Å². The summed E-state index contributed by atoms with van der Waals surface area (Å²) in [6.07, 6.45) is 1.72. The molecule has 8 nitrogen and oxygen atoms in total. The van der Waals surface area contributed by atoms with Gasteiger partial charge < -0.3 is 19.5 Å². The second kappa shape index (κ2) is 10.9. The lowest BCUT2D eigenvalue weighted by atomic mass is 9.94. The number of fused-ring (bicyclic) bond motifs is 1. The van der Waals surface area contributed by atoms with Crippen LogP contribution >= 0.6 is 27.3 Å². The predicted molar refractivity (Wildman–Crippen MR) is 147 cm³/mol. The van der Waals surface area contributed by atoms with Crippen LogP contribution in [-0.2, 0) is 4.79 Å². The van der Waals surface area contributed by atoms with Gasteiger partial charge in [0.05, 0.1) is 34.5 Å². The van der Waals surface area contributed by atoms with Crippen molar-refractivity contribution >= 4 is 39.2 Å². The number of allylic oxidation sites excluding steroid dienone is 1. The summed E-state index contributed by atoms with van der Waals surface area (Å²) in [6.45, 7) is 6.72. The number of thiazole rings is 1. The number of aromatic nitrogens is 1. The van der Waals surface area contributed by atoms with Crippen molar-refractivity contribution in [1.82, 2.24) is 9.47 Å². The molecule has 0 unspecified atom stereocenters. The van der Waals surface area contributed by atoms with Crippen LogP contribution in [0, 0.1) is 0 Å². The van der Waals surface area contributed by atoms with Gasteiger partial charge in [-0.3, -0.25) is 14.2 Å². The van der Waals surface area contributed by atoms with E-state index in [-0.39, 0.29) is 23.0 Å². The van der Waals surface area contributed by atoms with Crippen molar-refractivity contribution in [2.75, 3.05) is 27.3 Å². The van der Waals surface area contributed by atoms with E-state index in [0.29, 0.717) is 55.0 Å². The predicted octanol–water partition coefficient (Wildman–Crippen LogP) is 3.59. The van der Waals surface area contributed by atoms with Crippen molar-refractivity contribution < 1.29 is 19.4 Å². The van der Waals surface area contributed by atoms with Crippen LogP contribution in [0.15, 0.2) is 61.9 Å². The first-order valence-corrected chi connectivity index (χ1v) is 13.4. The van der Waals surface area contributed by atoms with Gasteiger partial charge in [-0.2, -0.15) is 0 Å². The number of para-hydroxylation sites is 1. The summed E-state index contributed by atoms with van der Waals surface area (Å²) in [5.74, 6) is 0.674. The number of amides is 1. The SMILES string of the molecule is CCN(CC)C(=O)C1=C(C)N=c2s/c(=C/c3cc(Br)c(O)c(OC)c3)c(=O)n2[C@@H]1c1ccccc1OC. The summed E-state index contributed by atoms with van der Waals surface area (Å²) in [7, 11) is 3.03. The van der Waals surface area contributed by atoms with Crippen LogP contribution in [0.4, 0.5) is 0 Å². The van der Waals surface area contributed by atoms with E-state index in [1.54, 1.807) is 41.7 Å². The number of carbonyl (C=O) groups is 1. The Morgan fingerprint density at radius 1 is 1.19 bits per heavy atom. The fourth-order valence-corrected chi connectivity index (χ4v) is 5.95. The minimum absolute atomic E-state index is 0.0209. The van der Waals surface area contributed by atoms with E-state index >= 15 is 0 Å². The van der Waals surface area contributed by atoms with Crippen molar-refractivity contribution in [3.05, 3.63) is 83.0 Å². The largest absolute Gasteiger partial charge is 0.503 e. The standard InChI is InChI=1S/C27H28BrN3O5S/c1-6-30(7-2)26(34)22-15(3)29-27-31(23(22)17-10-8-9-11-19(17)35-4)25(33)21(37-27)14-16-12-18(28)24(32)20(13-16)36-5/h8-14,23,32H,6-7H2,1-5H3/b21-14+/t23-/m1/s1. The lowest BCUT2D eigenvalue weighted by Crippen LogP contribution is -2.43. The molecule has 2 aromatic carbocycles. The van der Waals surface area contributed by atoms with Gasteiger partial charge in [0.1, 0.15) is 11.8 Å². The topological polar surface area (TPSA) is 93.4 Å². The highest BCUT2D eigenvalue weighted by molar-refractivity contribution is 9.10. The maximum atomic E-state index is 13.9. The number of halogens is 1. The molecule has 1 aromatic heterocycles. The van der Waals surface area contributed by atoms with Crippen LogP contribution < -0.4 is 24.4 Å². The smallest absolute Gasteiger partial charge is 0.271 e. The molecule has 10 heteroatoms. The summed E-state index contributed by atoms with van der Waals surface area (Å²) in [5, 5.41) is 10.2. The second-order valence-corrected chi connectivity index (χ2v) is 10.2. The van der Waals surface area contributed by atoms with E-state index in [4.69, 9.17) is 14.5 Å². The van der Waals surface area contributed by atoms with Gasteiger partial charge in [-0.1, -0.05) is 29.5 Å². The number of hydrogen-bond donors (Lipinski definition) is 1. The first-order chi connectivity index (χ1) is 17.7. The summed E-state index contributed by atoms with van der Waals surface area (Å²) in [6, 6.07) is 10.1. The van der Waals surface area contributed by atoms with Gasteiger partial charge in [0.2, 0.25) is 0 Å². The minimum Gasteiger partial charge on any atom is -0.503 e. The van der Waals surface area contributed by atoms with E-state index < -0.39 is 6.04 Å². The van der Waals surface area contributed by atoms with Crippen LogP contribution in [0.2, 0.25) is 0 Å². The van der Waals surface area contributed by atoms with Crippen molar-refractivity contribution in [1.29, 1.82) is 0 Å². The summed E-state index contributed by atoms with van der Waals surface area (Å²) in [5.41, 5.74) is 2.10. The third-order valence-electron chi connectivity index (χ3n) is 6.30. The molecule has 0 aliphatic carbocycles. The molecule has 0 bridgehead atoms. The molecular formula is C27H28BrN3O5S. The highest BCUT2D eigenvalue weighted by Crippen LogP contribution is 2.37. The van der Waals surface area contributed by atoms with Crippen molar-refractivity contribution in [2.24, 2.45) is 4.99 Å². The molecule has 194 valence electrons. The highest BCUT2D eigenvalue weighted by Gasteiger charge is 2.35. The van der Waals surface area contributed by atoms with Crippen LogP contribution in [0.1, 0.15) is 37.9 Å². The Morgan fingerprint density at radius 3 is 2.51 bits per heavy atom.